The number of aromatic nitrogens is 4. The number of carbonyl (C=O) groups excluding carboxylic acids is 1. The molecule has 0 aromatic carbocycles. The molecule has 1 aliphatic heterocycles. The van der Waals surface area contributed by atoms with Gasteiger partial charge in [-0.15, -0.1) is 0 Å². The second kappa shape index (κ2) is 5.94. The van der Waals surface area contributed by atoms with Gasteiger partial charge in [-0.25, -0.2) is 4.98 Å². The molecule has 144 valence electrons. The molecule has 2 aliphatic rings. The highest BCUT2D eigenvalue weighted by Crippen LogP contribution is 2.44. The van der Waals surface area contributed by atoms with Crippen LogP contribution in [0.3, 0.4) is 0 Å². The number of piperidine rings is 1. The summed E-state index contributed by atoms with van der Waals surface area (Å²) in [5.41, 5.74) is 7.47. The average molecular weight is 370 g/mol. The predicted octanol–water partition coefficient (Wildman–Crippen LogP) is 1.49. The van der Waals surface area contributed by atoms with Crippen LogP contribution in [0.15, 0.2) is 10.9 Å². The summed E-state index contributed by atoms with van der Waals surface area (Å²) < 4.78 is 0. The highest BCUT2D eigenvalue weighted by Gasteiger charge is 2.45. The molecule has 8 nitrogen and oxygen atoms in total. The lowest BCUT2D eigenvalue weighted by molar-refractivity contribution is 0.0657. The standard InChI is InChI=1S/C19H26N6O2/c1-18(2,3)17-21-14-11(15(26)22-17)4-5-19(14)6-8-25(9-7-19)16(27)12-10-13(20)24-23-12/h10H,4-9H2,1-3H3,(H3,20,23,24)(H,21,22,26). The molecule has 2 aromatic rings. The number of carbonyl (C=O) groups is 1. The molecule has 0 saturated carbocycles. The Morgan fingerprint density at radius 3 is 2.56 bits per heavy atom. The highest BCUT2D eigenvalue weighted by atomic mass is 16.2. The van der Waals surface area contributed by atoms with Gasteiger partial charge < -0.3 is 15.6 Å². The van der Waals surface area contributed by atoms with Crippen molar-refractivity contribution in [3.8, 4) is 0 Å². The fourth-order valence-corrected chi connectivity index (χ4v) is 4.25. The fourth-order valence-electron chi connectivity index (χ4n) is 4.25. The number of H-pyrrole nitrogens is 2. The summed E-state index contributed by atoms with van der Waals surface area (Å²) in [6, 6.07) is 1.56. The van der Waals surface area contributed by atoms with Gasteiger partial charge in [0, 0.05) is 35.5 Å². The van der Waals surface area contributed by atoms with Crippen LogP contribution < -0.4 is 11.3 Å². The van der Waals surface area contributed by atoms with Gasteiger partial charge in [0.2, 0.25) is 0 Å². The number of rotatable bonds is 1. The molecule has 4 N–H and O–H groups in total. The van der Waals surface area contributed by atoms with Crippen LogP contribution in [-0.2, 0) is 17.3 Å². The lowest BCUT2D eigenvalue weighted by Gasteiger charge is -2.39. The van der Waals surface area contributed by atoms with Gasteiger partial charge in [0.05, 0.1) is 5.69 Å². The van der Waals surface area contributed by atoms with E-state index in [1.54, 1.807) is 6.07 Å². The Balaban J connectivity index is 1.59. The zero-order valence-corrected chi connectivity index (χ0v) is 16.1. The van der Waals surface area contributed by atoms with Crippen molar-refractivity contribution < 1.29 is 4.79 Å². The molecule has 0 unspecified atom stereocenters. The van der Waals surface area contributed by atoms with Crippen LogP contribution in [0.5, 0.6) is 0 Å². The number of nitrogen functional groups attached to an aromatic ring is 1. The van der Waals surface area contributed by atoms with Gasteiger partial charge in [-0.2, -0.15) is 5.10 Å². The number of amides is 1. The Hall–Kier alpha value is -2.64. The molecule has 1 amide bonds. The lowest BCUT2D eigenvalue weighted by Crippen LogP contribution is -2.45. The number of likely N-dealkylation sites (tertiary alicyclic amines) is 1. The fraction of sp³-hybridized carbons (Fsp3) is 0.579. The van der Waals surface area contributed by atoms with Crippen molar-refractivity contribution in [3.05, 3.63) is 39.2 Å². The molecule has 4 rings (SSSR count). The zero-order chi connectivity index (χ0) is 19.4. The normalized spacial score (nSPS) is 18.7. The maximum atomic E-state index is 12.6. The van der Waals surface area contributed by atoms with Gasteiger partial charge >= 0.3 is 0 Å². The van der Waals surface area contributed by atoms with Crippen LogP contribution in [0.1, 0.15) is 67.6 Å². The second-order valence-corrected chi connectivity index (χ2v) is 8.77. The molecule has 27 heavy (non-hydrogen) atoms. The second-order valence-electron chi connectivity index (χ2n) is 8.77. The Labute approximate surface area is 157 Å². The summed E-state index contributed by atoms with van der Waals surface area (Å²) in [6.07, 6.45) is 3.31. The van der Waals surface area contributed by atoms with Crippen LogP contribution in [0.25, 0.3) is 0 Å². The SMILES string of the molecule is CC(C)(C)c1nc2c(c(=O)[nH]1)CCC21CCN(C(=O)c2cc(N)n[nH]2)CC1. The smallest absolute Gasteiger partial charge is 0.271 e. The molecule has 1 saturated heterocycles. The van der Waals surface area contributed by atoms with Crippen molar-refractivity contribution in [3.63, 3.8) is 0 Å². The van der Waals surface area contributed by atoms with E-state index in [2.05, 4.69) is 36.0 Å². The maximum absolute atomic E-state index is 12.6. The highest BCUT2D eigenvalue weighted by molar-refractivity contribution is 5.93. The summed E-state index contributed by atoms with van der Waals surface area (Å²) >= 11 is 0. The van der Waals surface area contributed by atoms with Crippen molar-refractivity contribution >= 4 is 11.7 Å². The Morgan fingerprint density at radius 2 is 1.96 bits per heavy atom. The quantitative estimate of drug-likeness (QED) is 0.702. The molecule has 1 spiro atoms. The topological polar surface area (TPSA) is 121 Å². The van der Waals surface area contributed by atoms with Crippen molar-refractivity contribution in [1.29, 1.82) is 0 Å². The first kappa shape index (κ1) is 17.8. The van der Waals surface area contributed by atoms with E-state index in [1.165, 1.54) is 0 Å². The number of nitrogens with one attached hydrogen (secondary N) is 2. The van der Waals surface area contributed by atoms with Crippen molar-refractivity contribution in [2.24, 2.45) is 0 Å². The summed E-state index contributed by atoms with van der Waals surface area (Å²) in [7, 11) is 0. The van der Waals surface area contributed by atoms with E-state index in [9.17, 15) is 9.59 Å². The minimum Gasteiger partial charge on any atom is -0.382 e. The van der Waals surface area contributed by atoms with Gasteiger partial charge in [-0.3, -0.25) is 14.7 Å². The largest absolute Gasteiger partial charge is 0.382 e. The number of aromatic amines is 2. The first-order chi connectivity index (χ1) is 12.7. The molecule has 1 aliphatic carbocycles. The molecule has 8 heteroatoms. The number of hydrogen-bond acceptors (Lipinski definition) is 5. The first-order valence-corrected chi connectivity index (χ1v) is 9.44. The van der Waals surface area contributed by atoms with Crippen LogP contribution in [-0.4, -0.2) is 44.1 Å². The Morgan fingerprint density at radius 1 is 1.26 bits per heavy atom. The van der Waals surface area contributed by atoms with Crippen molar-refractivity contribution in [1.82, 2.24) is 25.1 Å². The summed E-state index contributed by atoms with van der Waals surface area (Å²) in [5.74, 6) is 0.968. The van der Waals surface area contributed by atoms with Crippen molar-refractivity contribution in [2.45, 2.75) is 57.3 Å². The number of hydrogen-bond donors (Lipinski definition) is 3. The molecule has 3 heterocycles. The van der Waals surface area contributed by atoms with E-state index < -0.39 is 0 Å². The first-order valence-electron chi connectivity index (χ1n) is 9.44. The third-order valence-electron chi connectivity index (χ3n) is 5.92. The number of anilines is 1. The molecular formula is C19H26N6O2. The summed E-state index contributed by atoms with van der Waals surface area (Å²) in [6.45, 7) is 7.43. The van der Waals surface area contributed by atoms with E-state index in [4.69, 9.17) is 10.7 Å². The van der Waals surface area contributed by atoms with E-state index in [-0.39, 0.29) is 22.3 Å². The van der Waals surface area contributed by atoms with E-state index in [0.717, 1.165) is 42.8 Å². The van der Waals surface area contributed by atoms with Gasteiger partial charge in [-0.1, -0.05) is 20.8 Å². The van der Waals surface area contributed by atoms with Crippen molar-refractivity contribution in [2.75, 3.05) is 18.8 Å². The predicted molar refractivity (Wildman–Crippen MR) is 102 cm³/mol. The molecule has 1 fully saturated rings. The number of nitrogens with two attached hydrogens (primary N) is 1. The van der Waals surface area contributed by atoms with Gasteiger partial charge in [0.15, 0.2) is 0 Å². The summed E-state index contributed by atoms with van der Waals surface area (Å²) in [4.78, 5) is 34.9. The molecule has 2 aromatic heterocycles. The number of nitrogens with zero attached hydrogens (tertiary/aromatic N) is 3. The minimum absolute atomic E-state index is 0.00626. The van der Waals surface area contributed by atoms with Crippen LogP contribution >= 0.6 is 0 Å². The summed E-state index contributed by atoms with van der Waals surface area (Å²) in [5, 5.41) is 6.52. The average Bonchev–Trinajstić information content (AvgIpc) is 3.19. The molecule has 0 atom stereocenters. The van der Waals surface area contributed by atoms with E-state index in [1.807, 2.05) is 4.90 Å². The van der Waals surface area contributed by atoms with Crippen LogP contribution in [0.4, 0.5) is 5.82 Å². The zero-order valence-electron chi connectivity index (χ0n) is 16.1. The van der Waals surface area contributed by atoms with E-state index in [0.29, 0.717) is 24.6 Å². The third kappa shape index (κ3) is 2.93. The molecular weight excluding hydrogens is 344 g/mol. The molecule has 0 bridgehead atoms. The monoisotopic (exact) mass is 370 g/mol. The van der Waals surface area contributed by atoms with Gasteiger partial charge in [0.1, 0.15) is 17.3 Å². The Kier molecular flexibility index (Phi) is 3.90. The van der Waals surface area contributed by atoms with Gasteiger partial charge in [-0.05, 0) is 25.7 Å². The lowest BCUT2D eigenvalue weighted by atomic mass is 9.76. The number of fused-ring (bicyclic) bond motifs is 2. The third-order valence-corrected chi connectivity index (χ3v) is 5.92. The van der Waals surface area contributed by atoms with E-state index >= 15 is 0 Å². The Bertz CT molecular complexity index is 944. The maximum Gasteiger partial charge on any atom is 0.271 e. The van der Waals surface area contributed by atoms with Gasteiger partial charge in [0.25, 0.3) is 11.5 Å². The minimum atomic E-state index is -0.213. The van der Waals surface area contributed by atoms with Crippen LogP contribution in [0.2, 0.25) is 0 Å². The van der Waals surface area contributed by atoms with Crippen LogP contribution in [0, 0.1) is 0 Å². The molecule has 0 radical (unpaired) electrons.